The van der Waals surface area contributed by atoms with Crippen molar-refractivity contribution in [3.63, 3.8) is 0 Å². The summed E-state index contributed by atoms with van der Waals surface area (Å²) in [5.74, 6) is 0.603. The van der Waals surface area contributed by atoms with Crippen LogP contribution in [0.4, 0.5) is 0 Å². The third kappa shape index (κ3) is 2.78. The van der Waals surface area contributed by atoms with Crippen LogP contribution in [0.25, 0.3) is 0 Å². The van der Waals surface area contributed by atoms with E-state index in [4.69, 9.17) is 9.47 Å². The highest BCUT2D eigenvalue weighted by Crippen LogP contribution is 2.26. The standard InChI is InChI=1S/C10H11O3/c1-3-12-9-6-4-5-7-10(9)13-8(2)11/h4-7H,1,3H2,2H3. The fourth-order valence-electron chi connectivity index (χ4n) is 0.919. The number of benzene rings is 1. The first-order valence-corrected chi connectivity index (χ1v) is 3.93. The molecule has 1 rings (SSSR count). The molecule has 0 fully saturated rings. The molecular formula is C10H11O3. The van der Waals surface area contributed by atoms with E-state index in [1.807, 2.05) is 0 Å². The van der Waals surface area contributed by atoms with Crippen LogP contribution in [-0.4, -0.2) is 12.6 Å². The Morgan fingerprint density at radius 2 is 2.00 bits per heavy atom. The van der Waals surface area contributed by atoms with Crippen molar-refractivity contribution in [3.05, 3.63) is 31.2 Å². The number of hydrogen-bond donors (Lipinski definition) is 0. The highest BCUT2D eigenvalue weighted by atomic mass is 16.6. The normalized spacial score (nSPS) is 9.38. The number of rotatable bonds is 3. The van der Waals surface area contributed by atoms with Crippen molar-refractivity contribution in [1.29, 1.82) is 0 Å². The fourth-order valence-corrected chi connectivity index (χ4v) is 0.919. The third-order valence-electron chi connectivity index (χ3n) is 1.36. The Bertz CT molecular complexity index is 294. The van der Waals surface area contributed by atoms with E-state index < -0.39 is 0 Å². The Labute approximate surface area is 77.3 Å². The minimum atomic E-state index is -0.361. The lowest BCUT2D eigenvalue weighted by molar-refractivity contribution is -0.132. The largest absolute Gasteiger partial charge is 0.490 e. The zero-order valence-electron chi connectivity index (χ0n) is 7.45. The molecule has 0 aliphatic rings. The lowest BCUT2D eigenvalue weighted by Crippen LogP contribution is -2.03. The first-order chi connectivity index (χ1) is 6.24. The summed E-state index contributed by atoms with van der Waals surface area (Å²) in [6.07, 6.45) is 0. The smallest absolute Gasteiger partial charge is 0.308 e. The van der Waals surface area contributed by atoms with Crippen molar-refractivity contribution < 1.29 is 14.3 Å². The molecule has 0 saturated carbocycles. The monoisotopic (exact) mass is 179 g/mol. The third-order valence-corrected chi connectivity index (χ3v) is 1.36. The Hall–Kier alpha value is -1.51. The van der Waals surface area contributed by atoms with Gasteiger partial charge < -0.3 is 9.47 Å². The predicted molar refractivity (Wildman–Crippen MR) is 48.6 cm³/mol. The minimum Gasteiger partial charge on any atom is -0.490 e. The summed E-state index contributed by atoms with van der Waals surface area (Å²) in [7, 11) is 0. The summed E-state index contributed by atoms with van der Waals surface area (Å²) in [6.45, 7) is 5.19. The molecule has 0 bridgehead atoms. The summed E-state index contributed by atoms with van der Waals surface area (Å²) in [5.41, 5.74) is 0. The van der Waals surface area contributed by atoms with Crippen LogP contribution < -0.4 is 9.47 Å². The van der Waals surface area contributed by atoms with Crippen LogP contribution in [0.5, 0.6) is 11.5 Å². The molecule has 3 heteroatoms. The first-order valence-electron chi connectivity index (χ1n) is 3.93. The van der Waals surface area contributed by atoms with Gasteiger partial charge in [0.15, 0.2) is 11.5 Å². The Morgan fingerprint density at radius 1 is 1.38 bits per heavy atom. The Balaban J connectivity index is 2.84. The second kappa shape index (κ2) is 4.50. The summed E-state index contributed by atoms with van der Waals surface area (Å²) >= 11 is 0. The van der Waals surface area contributed by atoms with Gasteiger partial charge in [0.05, 0.1) is 6.61 Å². The van der Waals surface area contributed by atoms with Crippen LogP contribution in [-0.2, 0) is 4.79 Å². The lowest BCUT2D eigenvalue weighted by atomic mass is 10.3. The molecule has 13 heavy (non-hydrogen) atoms. The van der Waals surface area contributed by atoms with Gasteiger partial charge in [-0.3, -0.25) is 4.79 Å². The minimum absolute atomic E-state index is 0.304. The Kier molecular flexibility index (Phi) is 3.31. The molecule has 1 aromatic rings. The molecule has 0 N–H and O–H groups in total. The van der Waals surface area contributed by atoms with E-state index in [0.717, 1.165) is 0 Å². The molecule has 1 radical (unpaired) electrons. The van der Waals surface area contributed by atoms with Crippen molar-refractivity contribution in [1.82, 2.24) is 0 Å². The SMILES string of the molecule is [CH2]COc1ccccc1OC(C)=O. The summed E-state index contributed by atoms with van der Waals surface area (Å²) < 4.78 is 10.1. The Morgan fingerprint density at radius 3 is 2.54 bits per heavy atom. The first kappa shape index (κ1) is 9.58. The molecule has 0 heterocycles. The van der Waals surface area contributed by atoms with E-state index in [1.165, 1.54) is 6.92 Å². The maximum atomic E-state index is 10.7. The molecule has 3 nitrogen and oxygen atoms in total. The maximum Gasteiger partial charge on any atom is 0.308 e. The number of ether oxygens (including phenoxy) is 2. The van der Waals surface area contributed by atoms with Crippen molar-refractivity contribution in [3.8, 4) is 11.5 Å². The molecule has 1 aromatic carbocycles. The predicted octanol–water partition coefficient (Wildman–Crippen LogP) is 1.82. The quantitative estimate of drug-likeness (QED) is 0.524. The number of carbonyl (C=O) groups excluding carboxylic acids is 1. The van der Waals surface area contributed by atoms with Gasteiger partial charge in [0.2, 0.25) is 0 Å². The van der Waals surface area contributed by atoms with Crippen LogP contribution in [0.1, 0.15) is 6.92 Å². The van der Waals surface area contributed by atoms with E-state index in [-0.39, 0.29) is 5.97 Å². The topological polar surface area (TPSA) is 35.5 Å². The highest BCUT2D eigenvalue weighted by molar-refractivity contribution is 5.70. The zero-order chi connectivity index (χ0) is 9.68. The fraction of sp³-hybridized carbons (Fsp3) is 0.200. The van der Waals surface area contributed by atoms with Crippen LogP contribution >= 0.6 is 0 Å². The molecule has 0 saturated heterocycles. The van der Waals surface area contributed by atoms with Gasteiger partial charge in [-0.25, -0.2) is 0 Å². The van der Waals surface area contributed by atoms with Gasteiger partial charge in [-0.1, -0.05) is 12.1 Å². The van der Waals surface area contributed by atoms with Crippen molar-refractivity contribution in [2.45, 2.75) is 6.92 Å². The molecule has 0 aliphatic heterocycles. The molecule has 0 spiro atoms. The van der Waals surface area contributed by atoms with E-state index in [1.54, 1.807) is 24.3 Å². The molecule has 0 aromatic heterocycles. The molecular weight excluding hydrogens is 168 g/mol. The lowest BCUT2D eigenvalue weighted by Gasteiger charge is -2.08. The molecule has 0 aliphatic carbocycles. The second-order valence-corrected chi connectivity index (χ2v) is 2.39. The van der Waals surface area contributed by atoms with Gasteiger partial charge in [-0.2, -0.15) is 0 Å². The molecule has 0 unspecified atom stereocenters. The van der Waals surface area contributed by atoms with Gasteiger partial charge >= 0.3 is 5.97 Å². The second-order valence-electron chi connectivity index (χ2n) is 2.39. The number of hydrogen-bond acceptors (Lipinski definition) is 3. The van der Waals surface area contributed by atoms with Gasteiger partial charge in [0, 0.05) is 6.92 Å². The van der Waals surface area contributed by atoms with E-state index >= 15 is 0 Å². The van der Waals surface area contributed by atoms with Crippen LogP contribution in [0.2, 0.25) is 0 Å². The van der Waals surface area contributed by atoms with Gasteiger partial charge in [-0.05, 0) is 19.1 Å². The van der Waals surface area contributed by atoms with Gasteiger partial charge in [0.1, 0.15) is 0 Å². The van der Waals surface area contributed by atoms with E-state index in [0.29, 0.717) is 18.1 Å². The average Bonchev–Trinajstić information content (AvgIpc) is 2.08. The summed E-state index contributed by atoms with van der Waals surface area (Å²) in [6, 6.07) is 6.97. The number of esters is 1. The summed E-state index contributed by atoms with van der Waals surface area (Å²) in [5, 5.41) is 0. The van der Waals surface area contributed by atoms with Crippen molar-refractivity contribution in [2.24, 2.45) is 0 Å². The van der Waals surface area contributed by atoms with Crippen molar-refractivity contribution >= 4 is 5.97 Å². The van der Waals surface area contributed by atoms with Crippen molar-refractivity contribution in [2.75, 3.05) is 6.61 Å². The highest BCUT2D eigenvalue weighted by Gasteiger charge is 2.04. The van der Waals surface area contributed by atoms with Crippen LogP contribution in [0.3, 0.4) is 0 Å². The van der Waals surface area contributed by atoms with E-state index in [9.17, 15) is 4.79 Å². The maximum absolute atomic E-state index is 10.7. The number of carbonyl (C=O) groups is 1. The molecule has 69 valence electrons. The molecule has 0 amide bonds. The van der Waals surface area contributed by atoms with Crippen LogP contribution in [0.15, 0.2) is 24.3 Å². The average molecular weight is 179 g/mol. The van der Waals surface area contributed by atoms with Crippen LogP contribution in [0, 0.1) is 6.92 Å². The molecule has 0 atom stereocenters. The number of para-hydroxylation sites is 2. The van der Waals surface area contributed by atoms with Gasteiger partial charge in [-0.15, -0.1) is 0 Å². The zero-order valence-corrected chi connectivity index (χ0v) is 7.45. The van der Waals surface area contributed by atoms with E-state index in [2.05, 4.69) is 6.92 Å². The summed E-state index contributed by atoms with van der Waals surface area (Å²) in [4.78, 5) is 10.7. The van der Waals surface area contributed by atoms with Gasteiger partial charge in [0.25, 0.3) is 0 Å².